The average molecular weight is 190 g/mol. The summed E-state index contributed by atoms with van der Waals surface area (Å²) in [4.78, 5) is 11.0. The molecular weight excluding hydrogens is 176 g/mol. The molecule has 1 aliphatic heterocycles. The Hall–Kier alpha value is -0.420. The molecule has 0 aromatic rings. The van der Waals surface area contributed by atoms with E-state index in [1.165, 1.54) is 0 Å². The van der Waals surface area contributed by atoms with Gasteiger partial charge in [0.15, 0.2) is 0 Å². The topological polar surface area (TPSA) is 72.5 Å². The Balaban J connectivity index is 2.80. The molecule has 1 rings (SSSR count). The Bertz CT molecular complexity index is 278. The summed E-state index contributed by atoms with van der Waals surface area (Å²) in [7, 11) is -2.20. The summed E-state index contributed by atoms with van der Waals surface area (Å²) in [5.74, 6) is 0.693. The molecule has 0 radical (unpaired) electrons. The summed E-state index contributed by atoms with van der Waals surface area (Å²) in [6.45, 7) is 1.56. The van der Waals surface area contributed by atoms with Gasteiger partial charge in [0.05, 0.1) is 15.8 Å². The van der Waals surface area contributed by atoms with E-state index in [4.69, 9.17) is 5.73 Å². The van der Waals surface area contributed by atoms with Crippen molar-refractivity contribution < 1.29 is 9.00 Å². The fourth-order valence-electron chi connectivity index (χ4n) is 1.10. The van der Waals surface area contributed by atoms with E-state index in [2.05, 4.69) is 4.36 Å². The molecule has 0 spiro atoms. The predicted molar refractivity (Wildman–Crippen MR) is 48.2 cm³/mol. The summed E-state index contributed by atoms with van der Waals surface area (Å²) in [6, 6.07) is -0.621. The van der Waals surface area contributed by atoms with Crippen LogP contribution in [0.2, 0.25) is 0 Å². The molecule has 4 nitrogen and oxygen atoms in total. The molecule has 1 amide bonds. The second kappa shape index (κ2) is 3.53. The van der Waals surface area contributed by atoms with Crippen LogP contribution >= 0.6 is 0 Å². The van der Waals surface area contributed by atoms with E-state index < -0.39 is 21.7 Å². The van der Waals surface area contributed by atoms with Crippen molar-refractivity contribution in [1.82, 2.24) is 0 Å². The molecule has 1 saturated heterocycles. The molecule has 70 valence electrons. The first kappa shape index (κ1) is 9.67. The van der Waals surface area contributed by atoms with Gasteiger partial charge in [-0.3, -0.25) is 4.79 Å². The van der Waals surface area contributed by atoms with Gasteiger partial charge in [0.25, 0.3) is 5.91 Å². The van der Waals surface area contributed by atoms with E-state index in [0.717, 1.165) is 12.8 Å². The Morgan fingerprint density at radius 3 is 2.42 bits per heavy atom. The Morgan fingerprint density at radius 1 is 1.50 bits per heavy atom. The normalized spacial score (nSPS) is 23.5. The summed E-state index contributed by atoms with van der Waals surface area (Å²) >= 11 is 0. The van der Waals surface area contributed by atoms with Crippen molar-refractivity contribution >= 4 is 15.6 Å². The van der Waals surface area contributed by atoms with E-state index in [9.17, 15) is 9.00 Å². The largest absolute Gasteiger partial charge is 0.320 e. The van der Waals surface area contributed by atoms with Gasteiger partial charge in [0.2, 0.25) is 0 Å². The molecule has 12 heavy (non-hydrogen) atoms. The number of nitrogens with zero attached hydrogens (tertiary/aromatic N) is 1. The molecule has 5 heteroatoms. The first-order valence-corrected chi connectivity index (χ1v) is 5.91. The predicted octanol–water partition coefficient (Wildman–Crippen LogP) is 0.122. The van der Waals surface area contributed by atoms with Crippen molar-refractivity contribution in [3.05, 3.63) is 0 Å². The fourth-order valence-corrected chi connectivity index (χ4v) is 3.29. The minimum atomic E-state index is -2.20. The molecule has 0 saturated carbocycles. The van der Waals surface area contributed by atoms with Crippen molar-refractivity contribution in [1.29, 1.82) is 0 Å². The average Bonchev–Trinajstić information content (AvgIpc) is 2.35. The molecule has 1 fully saturated rings. The van der Waals surface area contributed by atoms with Crippen molar-refractivity contribution in [2.75, 3.05) is 11.5 Å². The zero-order valence-corrected chi connectivity index (χ0v) is 7.97. The van der Waals surface area contributed by atoms with Crippen LogP contribution in [0.15, 0.2) is 4.36 Å². The van der Waals surface area contributed by atoms with Gasteiger partial charge >= 0.3 is 0 Å². The van der Waals surface area contributed by atoms with E-state index >= 15 is 0 Å². The molecule has 1 heterocycles. The van der Waals surface area contributed by atoms with Crippen LogP contribution in [0.25, 0.3) is 0 Å². The molecule has 0 aromatic carbocycles. The van der Waals surface area contributed by atoms with Gasteiger partial charge in [-0.1, -0.05) is 0 Å². The second-order valence-electron chi connectivity index (χ2n) is 3.11. The molecule has 0 bridgehead atoms. The maximum absolute atomic E-state index is 11.7. The van der Waals surface area contributed by atoms with Gasteiger partial charge in [-0.15, -0.1) is 0 Å². The maximum Gasteiger partial charge on any atom is 0.270 e. The number of hydrogen-bond donors (Lipinski definition) is 1. The summed E-state index contributed by atoms with van der Waals surface area (Å²) in [5.41, 5.74) is 5.30. The monoisotopic (exact) mass is 190 g/mol. The lowest BCUT2D eigenvalue weighted by Gasteiger charge is -2.01. The Labute approximate surface area is 72.7 Å². The van der Waals surface area contributed by atoms with Crippen LogP contribution in [0.4, 0.5) is 0 Å². The van der Waals surface area contributed by atoms with Gasteiger partial charge < -0.3 is 5.73 Å². The minimum Gasteiger partial charge on any atom is -0.320 e. The third-order valence-electron chi connectivity index (χ3n) is 1.82. The standard InChI is InChI=1S/C7H14N2O2S/c1-6(8)7(10)9-12(11)4-2-3-5-12/h6H,2-5,8H2,1H3. The number of rotatable bonds is 1. The third kappa shape index (κ3) is 2.28. The van der Waals surface area contributed by atoms with Gasteiger partial charge in [-0.2, -0.15) is 4.36 Å². The molecule has 0 aliphatic carbocycles. The Morgan fingerprint density at radius 2 is 2.00 bits per heavy atom. The van der Waals surface area contributed by atoms with Crippen LogP contribution < -0.4 is 5.73 Å². The highest BCUT2D eigenvalue weighted by atomic mass is 32.2. The lowest BCUT2D eigenvalue weighted by atomic mass is 10.4. The van der Waals surface area contributed by atoms with Crippen molar-refractivity contribution in [2.24, 2.45) is 10.1 Å². The number of hydrogen-bond acceptors (Lipinski definition) is 3. The lowest BCUT2D eigenvalue weighted by Crippen LogP contribution is -2.26. The number of amides is 1. The number of carbonyl (C=O) groups excluding carboxylic acids is 1. The zero-order valence-electron chi connectivity index (χ0n) is 7.16. The van der Waals surface area contributed by atoms with Crippen LogP contribution in [0.1, 0.15) is 19.8 Å². The zero-order chi connectivity index (χ0) is 9.19. The molecule has 1 aliphatic rings. The van der Waals surface area contributed by atoms with Gasteiger partial charge in [-0.25, -0.2) is 4.21 Å². The van der Waals surface area contributed by atoms with Gasteiger partial charge in [0, 0.05) is 11.5 Å². The second-order valence-corrected chi connectivity index (χ2v) is 5.65. The van der Waals surface area contributed by atoms with Crippen molar-refractivity contribution in [3.63, 3.8) is 0 Å². The van der Waals surface area contributed by atoms with Crippen LogP contribution in [0, 0.1) is 0 Å². The summed E-state index contributed by atoms with van der Waals surface area (Å²) in [5, 5.41) is 0. The Kier molecular flexibility index (Phi) is 2.85. The van der Waals surface area contributed by atoms with E-state index in [0.29, 0.717) is 11.5 Å². The van der Waals surface area contributed by atoms with Crippen LogP contribution in [-0.2, 0) is 14.5 Å². The van der Waals surface area contributed by atoms with E-state index in [1.54, 1.807) is 6.92 Å². The van der Waals surface area contributed by atoms with Crippen molar-refractivity contribution in [2.45, 2.75) is 25.8 Å². The van der Waals surface area contributed by atoms with Crippen molar-refractivity contribution in [3.8, 4) is 0 Å². The van der Waals surface area contributed by atoms with E-state index in [1.807, 2.05) is 0 Å². The molecule has 0 aromatic heterocycles. The third-order valence-corrected chi connectivity index (χ3v) is 4.19. The lowest BCUT2D eigenvalue weighted by molar-refractivity contribution is -0.118. The summed E-state index contributed by atoms with van der Waals surface area (Å²) in [6.07, 6.45) is 1.82. The highest BCUT2D eigenvalue weighted by Crippen LogP contribution is 2.13. The number of carbonyl (C=O) groups is 1. The first-order chi connectivity index (χ1) is 5.53. The van der Waals surface area contributed by atoms with Gasteiger partial charge in [0.1, 0.15) is 0 Å². The smallest absolute Gasteiger partial charge is 0.270 e. The summed E-state index contributed by atoms with van der Waals surface area (Å²) < 4.78 is 15.3. The highest BCUT2D eigenvalue weighted by Gasteiger charge is 2.18. The highest BCUT2D eigenvalue weighted by molar-refractivity contribution is 7.94. The first-order valence-electron chi connectivity index (χ1n) is 4.05. The van der Waals surface area contributed by atoms with Crippen LogP contribution in [0.3, 0.4) is 0 Å². The molecule has 1 atom stereocenters. The SMILES string of the molecule is CC(N)C(=O)N=S1(=O)CCCC1. The molecular formula is C7H14N2O2S. The van der Waals surface area contributed by atoms with Gasteiger partial charge in [-0.05, 0) is 19.8 Å². The maximum atomic E-state index is 11.7. The number of nitrogens with two attached hydrogens (primary N) is 1. The van der Waals surface area contributed by atoms with Crippen LogP contribution in [0.5, 0.6) is 0 Å². The van der Waals surface area contributed by atoms with Crippen LogP contribution in [-0.4, -0.2) is 27.7 Å². The molecule has 1 unspecified atom stereocenters. The molecule has 2 N–H and O–H groups in total. The quantitative estimate of drug-likeness (QED) is 0.638. The minimum absolute atomic E-state index is 0.429. The van der Waals surface area contributed by atoms with E-state index in [-0.39, 0.29) is 0 Å². The fraction of sp³-hybridized carbons (Fsp3) is 0.857.